The van der Waals surface area contributed by atoms with Gasteiger partial charge >= 0.3 is 7.60 Å². The minimum Gasteiger partial charge on any atom is -0.309 e. The molecule has 0 aliphatic rings. The van der Waals surface area contributed by atoms with E-state index in [4.69, 9.17) is 9.05 Å². The molecule has 0 aliphatic carbocycles. The first-order valence-electron chi connectivity index (χ1n) is 4.39. The molecule has 0 amide bonds. The van der Waals surface area contributed by atoms with Crippen LogP contribution in [0.25, 0.3) is 0 Å². The third-order valence-electron chi connectivity index (χ3n) is 1.55. The molecule has 0 aliphatic heterocycles. The van der Waals surface area contributed by atoms with E-state index < -0.39 is 7.60 Å². The van der Waals surface area contributed by atoms with Gasteiger partial charge in [-0.2, -0.15) is 0 Å². The molecule has 0 saturated carbocycles. The van der Waals surface area contributed by atoms with Crippen molar-refractivity contribution in [3.05, 3.63) is 30.1 Å². The summed E-state index contributed by atoms with van der Waals surface area (Å²) in [5, 5.41) is 0. The van der Waals surface area contributed by atoms with Gasteiger partial charge in [-0.25, -0.2) is 0 Å². The smallest absolute Gasteiger partial charge is 0.309 e. The van der Waals surface area contributed by atoms with E-state index in [2.05, 4.69) is 4.98 Å². The molecule has 4 nitrogen and oxygen atoms in total. The van der Waals surface area contributed by atoms with Crippen LogP contribution in [0.15, 0.2) is 24.5 Å². The van der Waals surface area contributed by atoms with Crippen LogP contribution in [-0.2, 0) is 20.2 Å². The lowest BCUT2D eigenvalue weighted by molar-refractivity contribution is 0.209. The second kappa shape index (κ2) is 5.25. The second-order valence-corrected chi connectivity index (χ2v) is 4.88. The summed E-state index contributed by atoms with van der Waals surface area (Å²) in [6.07, 6.45) is 3.35. The third-order valence-corrected chi connectivity index (χ3v) is 2.88. The molecule has 0 fully saturated rings. The second-order valence-electron chi connectivity index (χ2n) is 2.82. The summed E-state index contributed by atoms with van der Waals surface area (Å²) in [6, 6.07) is 3.67. The Morgan fingerprint density at radius 3 is 2.86 bits per heavy atom. The maximum Gasteiger partial charge on any atom is 0.327 e. The molecular weight excluding hydrogens is 201 g/mol. The molecule has 78 valence electrons. The molecule has 1 rings (SSSR count). The lowest BCUT2D eigenvalue weighted by Gasteiger charge is -2.12. The average Bonchev–Trinajstić information content (AvgIpc) is 2.17. The molecule has 0 saturated heterocycles. The Morgan fingerprint density at radius 2 is 2.29 bits per heavy atom. The monoisotopic (exact) mass is 215 g/mol. The normalized spacial score (nSPS) is 15.0. The number of rotatable bonds is 5. The molecule has 0 unspecified atom stereocenters. The molecule has 1 aromatic rings. The number of hydrogen-bond acceptors (Lipinski definition) is 4. The Labute approximate surface area is 83.8 Å². The van der Waals surface area contributed by atoms with Crippen molar-refractivity contribution in [1.29, 1.82) is 0 Å². The first-order chi connectivity index (χ1) is 6.64. The Balaban J connectivity index is 2.45. The van der Waals surface area contributed by atoms with E-state index in [0.29, 0.717) is 6.61 Å². The van der Waals surface area contributed by atoms with Crippen molar-refractivity contribution in [2.24, 2.45) is 0 Å². The van der Waals surface area contributed by atoms with Crippen LogP contribution in [0.5, 0.6) is 0 Å². The standard InChI is InChI=1S/C9H14NO3P/c1-3-12-14(2,11)13-8-9-5-4-6-10-7-9/h4-7H,3,8H2,1-2H3/t14-/m0/s1. The fourth-order valence-corrected chi connectivity index (χ4v) is 1.87. The van der Waals surface area contributed by atoms with Crippen LogP contribution in [0.3, 0.4) is 0 Å². The van der Waals surface area contributed by atoms with E-state index in [0.717, 1.165) is 5.56 Å². The van der Waals surface area contributed by atoms with E-state index >= 15 is 0 Å². The van der Waals surface area contributed by atoms with Crippen LogP contribution >= 0.6 is 7.60 Å². The molecular formula is C9H14NO3P. The summed E-state index contributed by atoms with van der Waals surface area (Å²) in [5.41, 5.74) is 0.884. The molecule has 14 heavy (non-hydrogen) atoms. The van der Waals surface area contributed by atoms with Crippen molar-refractivity contribution >= 4 is 7.60 Å². The van der Waals surface area contributed by atoms with Gasteiger partial charge in [-0.1, -0.05) is 6.07 Å². The minimum absolute atomic E-state index is 0.265. The predicted molar refractivity (Wildman–Crippen MR) is 54.2 cm³/mol. The highest BCUT2D eigenvalue weighted by atomic mass is 31.2. The van der Waals surface area contributed by atoms with E-state index in [1.807, 2.05) is 6.07 Å². The van der Waals surface area contributed by atoms with E-state index in [-0.39, 0.29) is 6.61 Å². The summed E-state index contributed by atoms with van der Waals surface area (Å²) < 4.78 is 21.6. The lowest BCUT2D eigenvalue weighted by Crippen LogP contribution is -1.95. The summed E-state index contributed by atoms with van der Waals surface area (Å²) >= 11 is 0. The first-order valence-corrected chi connectivity index (χ1v) is 6.38. The molecule has 5 heteroatoms. The van der Waals surface area contributed by atoms with Crippen molar-refractivity contribution in [1.82, 2.24) is 4.98 Å². The Hall–Kier alpha value is -0.700. The molecule has 0 radical (unpaired) electrons. The highest BCUT2D eigenvalue weighted by Gasteiger charge is 2.15. The zero-order chi connectivity index (χ0) is 10.4. The van der Waals surface area contributed by atoms with Crippen LogP contribution < -0.4 is 0 Å². The van der Waals surface area contributed by atoms with Crippen LogP contribution in [0.1, 0.15) is 12.5 Å². The fourth-order valence-electron chi connectivity index (χ4n) is 0.947. The van der Waals surface area contributed by atoms with Crippen LogP contribution in [0.2, 0.25) is 0 Å². The molecule has 1 heterocycles. The molecule has 1 atom stereocenters. The van der Waals surface area contributed by atoms with Crippen molar-refractivity contribution in [3.8, 4) is 0 Å². The molecule has 0 spiro atoms. The molecule has 0 aromatic carbocycles. The van der Waals surface area contributed by atoms with Crippen LogP contribution in [0.4, 0.5) is 0 Å². The maximum atomic E-state index is 11.5. The largest absolute Gasteiger partial charge is 0.327 e. The molecule has 1 aromatic heterocycles. The predicted octanol–water partition coefficient (Wildman–Crippen LogP) is 2.46. The first kappa shape index (κ1) is 11.4. The van der Waals surface area contributed by atoms with Gasteiger partial charge in [0.15, 0.2) is 0 Å². The van der Waals surface area contributed by atoms with Gasteiger partial charge in [0.25, 0.3) is 0 Å². The van der Waals surface area contributed by atoms with Crippen molar-refractivity contribution in [3.63, 3.8) is 0 Å². The van der Waals surface area contributed by atoms with E-state index in [1.165, 1.54) is 6.66 Å². The van der Waals surface area contributed by atoms with Gasteiger partial charge in [0.2, 0.25) is 0 Å². The summed E-state index contributed by atoms with van der Waals surface area (Å²) in [7, 11) is -2.89. The zero-order valence-electron chi connectivity index (χ0n) is 8.34. The highest BCUT2D eigenvalue weighted by Crippen LogP contribution is 2.44. The summed E-state index contributed by atoms with van der Waals surface area (Å²) in [6.45, 7) is 3.90. The SMILES string of the molecule is CCO[P@](C)(=O)OCc1cccnc1. The van der Waals surface area contributed by atoms with Gasteiger partial charge < -0.3 is 9.05 Å². The Kier molecular flexibility index (Phi) is 4.26. The lowest BCUT2D eigenvalue weighted by atomic mass is 10.3. The number of aromatic nitrogens is 1. The summed E-state index contributed by atoms with van der Waals surface area (Å²) in [5.74, 6) is 0. The van der Waals surface area contributed by atoms with Gasteiger partial charge in [0.1, 0.15) is 0 Å². The van der Waals surface area contributed by atoms with E-state index in [1.54, 1.807) is 25.4 Å². The van der Waals surface area contributed by atoms with Gasteiger partial charge in [-0.3, -0.25) is 9.55 Å². The quantitative estimate of drug-likeness (QED) is 0.708. The molecule has 0 N–H and O–H groups in total. The van der Waals surface area contributed by atoms with Crippen molar-refractivity contribution in [2.45, 2.75) is 13.5 Å². The Morgan fingerprint density at radius 1 is 1.50 bits per heavy atom. The topological polar surface area (TPSA) is 48.4 Å². The summed E-state index contributed by atoms with van der Waals surface area (Å²) in [4.78, 5) is 3.92. The number of pyridine rings is 1. The fraction of sp³-hybridized carbons (Fsp3) is 0.444. The number of hydrogen-bond donors (Lipinski definition) is 0. The van der Waals surface area contributed by atoms with E-state index in [9.17, 15) is 4.57 Å². The molecule has 0 bridgehead atoms. The highest BCUT2D eigenvalue weighted by molar-refractivity contribution is 7.52. The number of nitrogens with zero attached hydrogens (tertiary/aromatic N) is 1. The van der Waals surface area contributed by atoms with Crippen LogP contribution in [-0.4, -0.2) is 18.3 Å². The van der Waals surface area contributed by atoms with Gasteiger partial charge in [-0.05, 0) is 18.6 Å². The van der Waals surface area contributed by atoms with Crippen LogP contribution in [0, 0.1) is 0 Å². The zero-order valence-corrected chi connectivity index (χ0v) is 9.24. The third kappa shape index (κ3) is 4.01. The Bertz CT molecular complexity index is 315. The van der Waals surface area contributed by atoms with Gasteiger partial charge in [0.05, 0.1) is 13.2 Å². The maximum absolute atomic E-state index is 11.5. The van der Waals surface area contributed by atoms with Gasteiger partial charge in [0, 0.05) is 19.1 Å². The van der Waals surface area contributed by atoms with Crippen molar-refractivity contribution in [2.75, 3.05) is 13.3 Å². The average molecular weight is 215 g/mol. The minimum atomic E-state index is -2.89. The van der Waals surface area contributed by atoms with Crippen molar-refractivity contribution < 1.29 is 13.6 Å². The van der Waals surface area contributed by atoms with Gasteiger partial charge in [-0.15, -0.1) is 0 Å².